The van der Waals surface area contributed by atoms with Crippen molar-refractivity contribution in [3.63, 3.8) is 0 Å². The Kier molecular flexibility index (Phi) is 6.23. The summed E-state index contributed by atoms with van der Waals surface area (Å²) in [7, 11) is 0. The lowest BCUT2D eigenvalue weighted by Crippen LogP contribution is -2.41. The third-order valence-electron chi connectivity index (χ3n) is 5.17. The Labute approximate surface area is 143 Å². The molecule has 2 N–H and O–H groups in total. The maximum Gasteiger partial charge on any atom is 0.222 e. The second-order valence-corrected chi connectivity index (χ2v) is 6.87. The first-order chi connectivity index (χ1) is 11.8. The van der Waals surface area contributed by atoms with Gasteiger partial charge >= 0.3 is 0 Å². The number of amides is 1. The molecule has 0 radical (unpaired) electrons. The summed E-state index contributed by atoms with van der Waals surface area (Å²) < 4.78 is 5.39. The van der Waals surface area contributed by atoms with Crippen LogP contribution in [0.4, 0.5) is 0 Å². The minimum absolute atomic E-state index is 0.161. The molecule has 7 heteroatoms. The summed E-state index contributed by atoms with van der Waals surface area (Å²) in [6, 6.07) is 0. The smallest absolute Gasteiger partial charge is 0.222 e. The second kappa shape index (κ2) is 8.60. The van der Waals surface area contributed by atoms with Gasteiger partial charge < -0.3 is 14.7 Å². The molecule has 134 valence electrons. The summed E-state index contributed by atoms with van der Waals surface area (Å²) in [5.74, 6) is 0.776. The number of aliphatic hydroxyl groups is 1. The maximum absolute atomic E-state index is 12.5. The molecule has 7 nitrogen and oxygen atoms in total. The molecule has 0 spiro atoms. The van der Waals surface area contributed by atoms with Gasteiger partial charge in [0.25, 0.3) is 0 Å². The van der Waals surface area contributed by atoms with Crippen molar-refractivity contribution in [3.05, 3.63) is 18.0 Å². The molecule has 0 aliphatic carbocycles. The topological polar surface area (TPSA) is 81.7 Å². The molecule has 2 saturated heterocycles. The van der Waals surface area contributed by atoms with Crippen molar-refractivity contribution >= 4 is 5.91 Å². The first kappa shape index (κ1) is 17.4. The van der Waals surface area contributed by atoms with E-state index in [0.717, 1.165) is 57.8 Å². The molecule has 1 aromatic rings. The molecule has 2 aliphatic rings. The molecule has 0 saturated carbocycles. The van der Waals surface area contributed by atoms with Crippen molar-refractivity contribution in [1.29, 1.82) is 0 Å². The number of aryl methyl sites for hydroxylation is 1. The van der Waals surface area contributed by atoms with Crippen LogP contribution in [0.5, 0.6) is 0 Å². The normalized spacial score (nSPS) is 25.3. The van der Waals surface area contributed by atoms with Crippen molar-refractivity contribution in [2.45, 2.75) is 19.3 Å². The first-order valence-electron chi connectivity index (χ1n) is 8.92. The number of carbonyl (C=O) groups is 1. The van der Waals surface area contributed by atoms with Crippen LogP contribution in [0.3, 0.4) is 0 Å². The van der Waals surface area contributed by atoms with Crippen LogP contribution < -0.4 is 0 Å². The van der Waals surface area contributed by atoms with Crippen molar-refractivity contribution in [3.8, 4) is 0 Å². The fourth-order valence-electron chi connectivity index (χ4n) is 3.69. The number of aromatic amines is 1. The van der Waals surface area contributed by atoms with E-state index in [-0.39, 0.29) is 18.4 Å². The molecule has 1 aromatic heterocycles. The highest BCUT2D eigenvalue weighted by atomic mass is 16.5. The van der Waals surface area contributed by atoms with Crippen molar-refractivity contribution < 1.29 is 14.6 Å². The lowest BCUT2D eigenvalue weighted by molar-refractivity contribution is -0.130. The molecule has 3 heterocycles. The molecule has 3 rings (SSSR count). The van der Waals surface area contributed by atoms with E-state index in [4.69, 9.17) is 4.74 Å². The Morgan fingerprint density at radius 3 is 2.83 bits per heavy atom. The van der Waals surface area contributed by atoms with Crippen molar-refractivity contribution in [1.82, 2.24) is 20.0 Å². The predicted octanol–water partition coefficient (Wildman–Crippen LogP) is 0.132. The van der Waals surface area contributed by atoms with Crippen LogP contribution in [0.1, 0.15) is 18.4 Å². The van der Waals surface area contributed by atoms with Gasteiger partial charge in [0.1, 0.15) is 0 Å². The number of rotatable bonds is 7. The lowest BCUT2D eigenvalue weighted by Gasteiger charge is -2.30. The second-order valence-electron chi connectivity index (χ2n) is 6.87. The number of hydrogen-bond donors (Lipinski definition) is 2. The standard InChI is InChI=1S/C17H28N4O3/c22-13-16-12-21(11-15(16)10-20-4-6-24-7-5-20)17(23)3-1-2-14-8-18-19-9-14/h8-9,15-16,22H,1-7,10-13H2,(H,18,19)/t15-,16-/m1/s1. The molecule has 0 unspecified atom stereocenters. The number of ether oxygens (including phenoxy) is 1. The third-order valence-corrected chi connectivity index (χ3v) is 5.17. The van der Waals surface area contributed by atoms with Gasteiger partial charge in [-0.3, -0.25) is 14.8 Å². The highest BCUT2D eigenvalue weighted by Crippen LogP contribution is 2.25. The minimum Gasteiger partial charge on any atom is -0.396 e. The largest absolute Gasteiger partial charge is 0.396 e. The Bertz CT molecular complexity index is 502. The summed E-state index contributed by atoms with van der Waals surface area (Å²) in [4.78, 5) is 16.8. The number of nitrogens with one attached hydrogen (secondary N) is 1. The molecular formula is C17H28N4O3. The van der Waals surface area contributed by atoms with Gasteiger partial charge in [-0.05, 0) is 24.3 Å². The Morgan fingerprint density at radius 1 is 1.33 bits per heavy atom. The SMILES string of the molecule is O=C(CCCc1cn[nH]c1)N1C[C@@H](CN2CCOCC2)[C@@H](CO)C1. The number of carbonyl (C=O) groups excluding carboxylic acids is 1. The monoisotopic (exact) mass is 336 g/mol. The summed E-state index contributed by atoms with van der Waals surface area (Å²) >= 11 is 0. The summed E-state index contributed by atoms with van der Waals surface area (Å²) in [5, 5.41) is 16.4. The molecule has 0 bridgehead atoms. The average molecular weight is 336 g/mol. The summed E-state index contributed by atoms with van der Waals surface area (Å²) in [6.45, 7) is 6.05. The van der Waals surface area contributed by atoms with Gasteiger partial charge in [-0.25, -0.2) is 0 Å². The van der Waals surface area contributed by atoms with Gasteiger partial charge in [-0.15, -0.1) is 0 Å². The summed E-state index contributed by atoms with van der Waals surface area (Å²) in [5.41, 5.74) is 1.14. The predicted molar refractivity (Wildman–Crippen MR) is 89.4 cm³/mol. The van der Waals surface area contributed by atoms with Crippen LogP contribution >= 0.6 is 0 Å². The fraction of sp³-hybridized carbons (Fsp3) is 0.765. The van der Waals surface area contributed by atoms with E-state index in [2.05, 4.69) is 15.1 Å². The van der Waals surface area contributed by atoms with Crippen molar-refractivity contribution in [2.24, 2.45) is 11.8 Å². The fourth-order valence-corrected chi connectivity index (χ4v) is 3.69. The molecule has 24 heavy (non-hydrogen) atoms. The van der Waals surface area contributed by atoms with Gasteiger partial charge in [0.05, 0.1) is 19.4 Å². The van der Waals surface area contributed by atoms with Gasteiger partial charge in [-0.1, -0.05) is 0 Å². The van der Waals surface area contributed by atoms with Gasteiger partial charge in [0.2, 0.25) is 5.91 Å². The zero-order valence-corrected chi connectivity index (χ0v) is 14.2. The van der Waals surface area contributed by atoms with Crippen LogP contribution in [0.2, 0.25) is 0 Å². The number of likely N-dealkylation sites (tertiary alicyclic amines) is 1. The number of aliphatic hydroxyl groups excluding tert-OH is 1. The van der Waals surface area contributed by atoms with Gasteiger partial charge in [0.15, 0.2) is 0 Å². The molecule has 1 amide bonds. The van der Waals surface area contributed by atoms with Crippen LogP contribution in [0, 0.1) is 11.8 Å². The highest BCUT2D eigenvalue weighted by molar-refractivity contribution is 5.76. The quantitative estimate of drug-likeness (QED) is 0.740. The van der Waals surface area contributed by atoms with E-state index in [9.17, 15) is 9.90 Å². The van der Waals surface area contributed by atoms with Crippen molar-refractivity contribution in [2.75, 3.05) is 52.5 Å². The Hall–Kier alpha value is -1.44. The van der Waals surface area contributed by atoms with Gasteiger partial charge in [0, 0.05) is 57.9 Å². The van der Waals surface area contributed by atoms with Crippen LogP contribution in [-0.2, 0) is 16.0 Å². The highest BCUT2D eigenvalue weighted by Gasteiger charge is 2.35. The van der Waals surface area contributed by atoms with E-state index < -0.39 is 0 Å². The van der Waals surface area contributed by atoms with Crippen LogP contribution in [0.15, 0.2) is 12.4 Å². The number of H-pyrrole nitrogens is 1. The zero-order valence-electron chi connectivity index (χ0n) is 14.2. The molecule has 2 fully saturated rings. The van der Waals surface area contributed by atoms with Gasteiger partial charge in [-0.2, -0.15) is 5.10 Å². The average Bonchev–Trinajstić information content (AvgIpc) is 3.25. The zero-order chi connectivity index (χ0) is 16.8. The third kappa shape index (κ3) is 4.55. The number of aromatic nitrogens is 2. The number of hydrogen-bond acceptors (Lipinski definition) is 5. The first-order valence-corrected chi connectivity index (χ1v) is 8.92. The lowest BCUT2D eigenvalue weighted by atomic mass is 9.96. The summed E-state index contributed by atoms with van der Waals surface area (Å²) in [6.07, 6.45) is 5.96. The minimum atomic E-state index is 0.161. The number of nitrogens with zero attached hydrogens (tertiary/aromatic N) is 3. The molecular weight excluding hydrogens is 308 g/mol. The van der Waals surface area contributed by atoms with Crippen LogP contribution in [0.25, 0.3) is 0 Å². The van der Waals surface area contributed by atoms with Crippen LogP contribution in [-0.4, -0.2) is 83.6 Å². The maximum atomic E-state index is 12.5. The molecule has 0 aromatic carbocycles. The number of morpholine rings is 1. The Balaban J connectivity index is 1.44. The van der Waals surface area contributed by atoms with E-state index in [1.54, 1.807) is 6.20 Å². The Morgan fingerprint density at radius 2 is 2.12 bits per heavy atom. The van der Waals surface area contributed by atoms with E-state index >= 15 is 0 Å². The van der Waals surface area contributed by atoms with E-state index in [1.165, 1.54) is 0 Å². The molecule has 2 atom stereocenters. The van der Waals surface area contributed by atoms with E-state index in [0.29, 0.717) is 18.9 Å². The molecule has 2 aliphatic heterocycles. The van der Waals surface area contributed by atoms with E-state index in [1.807, 2.05) is 11.1 Å².